The summed E-state index contributed by atoms with van der Waals surface area (Å²) in [5.74, 6) is 1.03. The first-order valence-electron chi connectivity index (χ1n) is 5.09. The molecule has 0 aromatic heterocycles. The summed E-state index contributed by atoms with van der Waals surface area (Å²) in [4.78, 5) is 0. The van der Waals surface area contributed by atoms with Crippen LogP contribution in [0.25, 0.3) is 0 Å². The zero-order valence-electron chi connectivity index (χ0n) is 9.76. The molecule has 1 aromatic rings. The van der Waals surface area contributed by atoms with Crippen molar-refractivity contribution in [3.63, 3.8) is 0 Å². The molecule has 0 saturated heterocycles. The first-order chi connectivity index (χ1) is 6.84. The second kappa shape index (κ2) is 4.83. The Morgan fingerprint density at radius 1 is 1.27 bits per heavy atom. The number of hydrogen-bond donors (Lipinski definition) is 1. The van der Waals surface area contributed by atoms with E-state index in [2.05, 4.69) is 61.6 Å². The molecule has 0 aliphatic carbocycles. The lowest BCUT2D eigenvalue weighted by Crippen LogP contribution is -2.13. The summed E-state index contributed by atoms with van der Waals surface area (Å²) in [6, 6.07) is 6.49. The maximum absolute atomic E-state index is 9.13. The van der Waals surface area contributed by atoms with Crippen molar-refractivity contribution in [3.8, 4) is 0 Å². The van der Waals surface area contributed by atoms with E-state index in [1.54, 1.807) is 0 Å². The minimum atomic E-state index is 0.129. The fourth-order valence-corrected chi connectivity index (χ4v) is 2.03. The number of halogens is 1. The molecule has 83 valence electrons. The van der Waals surface area contributed by atoms with Gasteiger partial charge in [0.1, 0.15) is 0 Å². The maximum atomic E-state index is 9.13. The molecule has 0 heterocycles. The lowest BCUT2D eigenvalue weighted by atomic mass is 9.85. The van der Waals surface area contributed by atoms with E-state index in [4.69, 9.17) is 5.11 Å². The van der Waals surface area contributed by atoms with Gasteiger partial charge in [0.25, 0.3) is 0 Å². The van der Waals surface area contributed by atoms with Crippen LogP contribution in [0, 0.1) is 9.49 Å². The van der Waals surface area contributed by atoms with E-state index >= 15 is 0 Å². The van der Waals surface area contributed by atoms with Gasteiger partial charge < -0.3 is 5.11 Å². The summed E-state index contributed by atoms with van der Waals surface area (Å²) in [5, 5.41) is 9.13. The van der Waals surface area contributed by atoms with Crippen molar-refractivity contribution in [2.75, 3.05) is 6.61 Å². The topological polar surface area (TPSA) is 20.2 Å². The monoisotopic (exact) mass is 317 g/mol. The highest BCUT2D eigenvalue weighted by atomic mass is 127. The number of rotatable bonds is 2. The molecule has 2 heteroatoms. The summed E-state index contributed by atoms with van der Waals surface area (Å²) in [7, 11) is 0. The van der Waals surface area contributed by atoms with Crippen molar-refractivity contribution in [3.05, 3.63) is 38.8 Å². The number of benzene rings is 1. The largest absolute Gasteiger partial charge is 0.395 e. The zero-order valence-corrected chi connectivity index (χ0v) is 11.9. The van der Waals surface area contributed by atoms with Crippen LogP contribution in [-0.4, -0.2) is 11.7 Å². The number of aliphatic hydroxyl groups excluding tert-OH is 1. The fraction of sp³-hybridized carbons (Fsp3) is 0.462. The Morgan fingerprint density at radius 2 is 1.87 bits per heavy atom. The predicted molar refractivity (Wildman–Crippen MR) is 73.0 cm³/mol. The first-order valence-corrected chi connectivity index (χ1v) is 6.17. The van der Waals surface area contributed by atoms with Crippen molar-refractivity contribution in [2.24, 2.45) is 0 Å². The summed E-state index contributed by atoms with van der Waals surface area (Å²) in [6.45, 7) is 8.71. The lowest BCUT2D eigenvalue weighted by molar-refractivity contribution is 0.315. The standard InChI is InChI=1S/C13H18IO/c1-9(8-15)10-5-11(13(2,3)4)7-12(14)6-10/h5-7,15H,8H2,1-4H3. The molecule has 15 heavy (non-hydrogen) atoms. The van der Waals surface area contributed by atoms with Gasteiger partial charge in [0, 0.05) is 9.49 Å². The van der Waals surface area contributed by atoms with E-state index in [1.807, 2.05) is 6.92 Å². The van der Waals surface area contributed by atoms with Crippen molar-refractivity contribution in [1.82, 2.24) is 0 Å². The van der Waals surface area contributed by atoms with Crippen LogP contribution in [0.2, 0.25) is 0 Å². The van der Waals surface area contributed by atoms with Gasteiger partial charge in [0.2, 0.25) is 0 Å². The first kappa shape index (κ1) is 13.0. The van der Waals surface area contributed by atoms with E-state index in [0.29, 0.717) is 0 Å². The normalized spacial score (nSPS) is 12.2. The molecule has 0 aliphatic heterocycles. The van der Waals surface area contributed by atoms with Crippen LogP contribution in [0.3, 0.4) is 0 Å². The molecule has 1 radical (unpaired) electrons. The molecule has 0 aliphatic rings. The van der Waals surface area contributed by atoms with Crippen molar-refractivity contribution >= 4 is 22.6 Å². The van der Waals surface area contributed by atoms with Crippen LogP contribution in [0.4, 0.5) is 0 Å². The van der Waals surface area contributed by atoms with Crippen LogP contribution in [0.5, 0.6) is 0 Å². The van der Waals surface area contributed by atoms with Crippen molar-refractivity contribution < 1.29 is 5.11 Å². The molecular formula is C13H18IO. The lowest BCUT2D eigenvalue weighted by Gasteiger charge is -2.21. The van der Waals surface area contributed by atoms with Crippen LogP contribution in [0.15, 0.2) is 18.2 Å². The third-order valence-corrected chi connectivity index (χ3v) is 3.12. The van der Waals surface area contributed by atoms with Crippen molar-refractivity contribution in [2.45, 2.75) is 33.1 Å². The molecule has 1 N–H and O–H groups in total. The Labute approximate surface area is 106 Å². The van der Waals surface area contributed by atoms with Gasteiger partial charge in [0.05, 0.1) is 6.61 Å². The van der Waals surface area contributed by atoms with Crippen LogP contribution in [-0.2, 0) is 5.41 Å². The van der Waals surface area contributed by atoms with Crippen LogP contribution < -0.4 is 0 Å². The van der Waals surface area contributed by atoms with Crippen LogP contribution >= 0.6 is 22.6 Å². The van der Waals surface area contributed by atoms with E-state index in [-0.39, 0.29) is 12.0 Å². The smallest absolute Gasteiger partial charge is 0.0534 e. The summed E-state index contributed by atoms with van der Waals surface area (Å²) < 4.78 is 1.22. The highest BCUT2D eigenvalue weighted by molar-refractivity contribution is 14.1. The van der Waals surface area contributed by atoms with E-state index in [1.165, 1.54) is 9.13 Å². The van der Waals surface area contributed by atoms with E-state index in [9.17, 15) is 0 Å². The minimum Gasteiger partial charge on any atom is -0.395 e. The zero-order chi connectivity index (χ0) is 11.6. The number of hydrogen-bond acceptors (Lipinski definition) is 1. The second-order valence-corrected chi connectivity index (χ2v) is 6.16. The highest BCUT2D eigenvalue weighted by Crippen LogP contribution is 2.27. The third kappa shape index (κ3) is 3.45. The molecule has 0 amide bonds. The average Bonchev–Trinajstić information content (AvgIpc) is 2.14. The van der Waals surface area contributed by atoms with Gasteiger partial charge >= 0.3 is 0 Å². The van der Waals surface area contributed by atoms with E-state index < -0.39 is 0 Å². The SMILES string of the molecule is C[C](CO)c1cc(I)cc(C(C)(C)C)c1. The maximum Gasteiger partial charge on any atom is 0.0534 e. The predicted octanol–water partition coefficient (Wildman–Crippen LogP) is 3.52. The fourth-order valence-electron chi connectivity index (χ4n) is 1.36. The summed E-state index contributed by atoms with van der Waals surface area (Å²) in [6.07, 6.45) is 0. The van der Waals surface area contributed by atoms with E-state index in [0.717, 1.165) is 11.5 Å². The molecule has 0 atom stereocenters. The molecule has 1 rings (SSSR count). The Morgan fingerprint density at radius 3 is 2.33 bits per heavy atom. The van der Waals surface area contributed by atoms with Gasteiger partial charge in [-0.05, 0) is 51.3 Å². The molecule has 0 fully saturated rings. The third-order valence-electron chi connectivity index (χ3n) is 2.49. The molecule has 1 nitrogen and oxygen atoms in total. The highest BCUT2D eigenvalue weighted by Gasteiger charge is 2.16. The Balaban J connectivity index is 3.17. The Bertz CT molecular complexity index is 339. The second-order valence-electron chi connectivity index (χ2n) is 4.92. The van der Waals surface area contributed by atoms with Gasteiger partial charge in [-0.25, -0.2) is 0 Å². The summed E-state index contributed by atoms with van der Waals surface area (Å²) >= 11 is 2.33. The molecule has 0 bridgehead atoms. The molecular weight excluding hydrogens is 299 g/mol. The van der Waals surface area contributed by atoms with Gasteiger partial charge in [0.15, 0.2) is 0 Å². The van der Waals surface area contributed by atoms with Gasteiger partial charge in [-0.15, -0.1) is 0 Å². The van der Waals surface area contributed by atoms with Crippen molar-refractivity contribution in [1.29, 1.82) is 0 Å². The molecule has 0 saturated carbocycles. The number of aliphatic hydroxyl groups is 1. The molecule has 0 unspecified atom stereocenters. The molecule has 0 spiro atoms. The average molecular weight is 317 g/mol. The molecule has 1 aromatic carbocycles. The van der Waals surface area contributed by atoms with Gasteiger partial charge in [-0.3, -0.25) is 0 Å². The Hall–Kier alpha value is -0.0900. The summed E-state index contributed by atoms with van der Waals surface area (Å²) in [5.41, 5.74) is 2.62. The van der Waals surface area contributed by atoms with Crippen LogP contribution in [0.1, 0.15) is 38.8 Å². The minimum absolute atomic E-state index is 0.129. The van der Waals surface area contributed by atoms with Gasteiger partial charge in [-0.1, -0.05) is 33.8 Å². The quantitative estimate of drug-likeness (QED) is 0.828. The van der Waals surface area contributed by atoms with Gasteiger partial charge in [-0.2, -0.15) is 0 Å². The Kier molecular flexibility index (Phi) is 4.18.